The number of carbonyl (C=O) groups is 2. The molecule has 1 heterocycles. The van der Waals surface area contributed by atoms with Gasteiger partial charge in [0, 0.05) is 24.8 Å². The molecule has 2 aromatic rings. The van der Waals surface area contributed by atoms with E-state index in [4.69, 9.17) is 4.74 Å². The van der Waals surface area contributed by atoms with Crippen LogP contribution in [0.4, 0.5) is 18.9 Å². The van der Waals surface area contributed by atoms with Crippen molar-refractivity contribution in [2.45, 2.75) is 32.9 Å². The lowest BCUT2D eigenvalue weighted by Gasteiger charge is -2.09. The maximum atomic E-state index is 12.5. The third-order valence-corrected chi connectivity index (χ3v) is 4.10. The number of amides is 1. The third-order valence-electron chi connectivity index (χ3n) is 4.10. The van der Waals surface area contributed by atoms with E-state index in [0.29, 0.717) is 6.42 Å². The monoisotopic (exact) mass is 383 g/mol. The number of halogens is 3. The van der Waals surface area contributed by atoms with Crippen molar-refractivity contribution in [1.82, 2.24) is 9.78 Å². The molecule has 2 rings (SSSR count). The Labute approximate surface area is 154 Å². The van der Waals surface area contributed by atoms with Crippen molar-refractivity contribution in [3.05, 3.63) is 46.8 Å². The number of aromatic nitrogens is 2. The van der Waals surface area contributed by atoms with Crippen LogP contribution in [0.3, 0.4) is 0 Å². The van der Waals surface area contributed by atoms with E-state index in [0.717, 1.165) is 41.2 Å². The number of hydrogen-bond donors (Lipinski definition) is 1. The molecule has 146 valence electrons. The molecule has 0 saturated carbocycles. The molecule has 6 nitrogen and oxygen atoms in total. The van der Waals surface area contributed by atoms with Gasteiger partial charge in [-0.15, -0.1) is 0 Å². The summed E-state index contributed by atoms with van der Waals surface area (Å²) in [5.41, 5.74) is 2.13. The van der Waals surface area contributed by atoms with Gasteiger partial charge in [-0.25, -0.2) is 0 Å². The number of esters is 1. The molecule has 27 heavy (non-hydrogen) atoms. The van der Waals surface area contributed by atoms with Gasteiger partial charge in [0.2, 0.25) is 0 Å². The number of rotatable bonds is 6. The molecule has 0 unspecified atom stereocenters. The zero-order valence-electron chi connectivity index (χ0n) is 15.2. The molecule has 1 aromatic heterocycles. The van der Waals surface area contributed by atoms with Crippen LogP contribution in [-0.4, -0.2) is 28.3 Å². The van der Waals surface area contributed by atoms with E-state index in [1.54, 1.807) is 4.68 Å². The van der Waals surface area contributed by atoms with E-state index in [1.807, 2.05) is 20.9 Å². The van der Waals surface area contributed by atoms with Gasteiger partial charge < -0.3 is 10.1 Å². The Balaban J connectivity index is 1.78. The fourth-order valence-corrected chi connectivity index (χ4v) is 2.56. The summed E-state index contributed by atoms with van der Waals surface area (Å²) in [7, 11) is 1.82. The quantitative estimate of drug-likeness (QED) is 0.778. The largest absolute Gasteiger partial charge is 0.456 e. The maximum absolute atomic E-state index is 12.5. The first-order valence-electron chi connectivity index (χ1n) is 8.19. The second kappa shape index (κ2) is 8.24. The number of nitrogens with one attached hydrogen (secondary N) is 1. The lowest BCUT2D eigenvalue weighted by molar-refractivity contribution is -0.147. The summed E-state index contributed by atoms with van der Waals surface area (Å²) >= 11 is 0. The van der Waals surface area contributed by atoms with Crippen LogP contribution >= 0.6 is 0 Å². The number of ether oxygens (including phenoxy) is 1. The Kier molecular flexibility index (Phi) is 6.24. The summed E-state index contributed by atoms with van der Waals surface area (Å²) in [6, 6.07) is 3.99. The maximum Gasteiger partial charge on any atom is 0.416 e. The van der Waals surface area contributed by atoms with Crippen LogP contribution < -0.4 is 5.32 Å². The van der Waals surface area contributed by atoms with E-state index < -0.39 is 30.2 Å². The van der Waals surface area contributed by atoms with Gasteiger partial charge in [0.05, 0.1) is 11.3 Å². The molecule has 0 saturated heterocycles. The third kappa shape index (κ3) is 5.57. The topological polar surface area (TPSA) is 73.2 Å². The molecular formula is C18H20F3N3O3. The number of alkyl halides is 3. The molecule has 1 amide bonds. The molecular weight excluding hydrogens is 363 g/mol. The highest BCUT2D eigenvalue weighted by Gasteiger charge is 2.30. The summed E-state index contributed by atoms with van der Waals surface area (Å²) in [5.74, 6) is -1.17. The van der Waals surface area contributed by atoms with E-state index in [9.17, 15) is 22.8 Å². The summed E-state index contributed by atoms with van der Waals surface area (Å²) < 4.78 is 44.1. The SMILES string of the molecule is Cc1nn(C)c(C)c1CCC(=O)OCC(=O)Nc1ccc(C(F)(F)F)cc1. The Morgan fingerprint density at radius 3 is 2.33 bits per heavy atom. The summed E-state index contributed by atoms with van der Waals surface area (Å²) in [4.78, 5) is 23.6. The first-order chi connectivity index (χ1) is 12.6. The average Bonchev–Trinajstić information content (AvgIpc) is 2.83. The molecule has 0 aliphatic carbocycles. The van der Waals surface area contributed by atoms with Crippen LogP contribution in [0.15, 0.2) is 24.3 Å². The highest BCUT2D eigenvalue weighted by molar-refractivity contribution is 5.92. The molecule has 0 aliphatic rings. The fourth-order valence-electron chi connectivity index (χ4n) is 2.56. The lowest BCUT2D eigenvalue weighted by Crippen LogP contribution is -2.21. The Morgan fingerprint density at radius 2 is 1.81 bits per heavy atom. The summed E-state index contributed by atoms with van der Waals surface area (Å²) in [5, 5.41) is 6.64. The van der Waals surface area contributed by atoms with Gasteiger partial charge in [-0.2, -0.15) is 18.3 Å². The zero-order valence-corrected chi connectivity index (χ0v) is 15.2. The van der Waals surface area contributed by atoms with Crippen molar-refractivity contribution in [2.75, 3.05) is 11.9 Å². The van der Waals surface area contributed by atoms with Crippen LogP contribution in [0, 0.1) is 13.8 Å². The van der Waals surface area contributed by atoms with Gasteiger partial charge in [0.1, 0.15) is 0 Å². The molecule has 0 radical (unpaired) electrons. The summed E-state index contributed by atoms with van der Waals surface area (Å²) in [6.45, 7) is 3.24. The standard InChI is InChI=1S/C18H20F3N3O3/c1-11-15(12(2)24(3)23-11)8-9-17(26)27-10-16(25)22-14-6-4-13(5-7-14)18(19,20)21/h4-7H,8-10H2,1-3H3,(H,22,25). The molecule has 0 fully saturated rings. The van der Waals surface area contributed by atoms with Crippen LogP contribution in [0.1, 0.15) is 28.9 Å². The highest BCUT2D eigenvalue weighted by Crippen LogP contribution is 2.29. The van der Waals surface area contributed by atoms with Gasteiger partial charge in [-0.05, 0) is 50.1 Å². The number of anilines is 1. The van der Waals surface area contributed by atoms with E-state index in [2.05, 4.69) is 10.4 Å². The zero-order chi connectivity index (χ0) is 20.2. The Hall–Kier alpha value is -2.84. The first kappa shape index (κ1) is 20.5. The number of benzene rings is 1. The minimum absolute atomic E-state index is 0.0981. The number of carbonyl (C=O) groups excluding carboxylic acids is 2. The normalized spacial score (nSPS) is 11.3. The second-order valence-corrected chi connectivity index (χ2v) is 6.06. The lowest BCUT2D eigenvalue weighted by atomic mass is 10.1. The molecule has 0 spiro atoms. The smallest absolute Gasteiger partial charge is 0.416 e. The van der Waals surface area contributed by atoms with E-state index in [-0.39, 0.29) is 12.1 Å². The van der Waals surface area contributed by atoms with Crippen LogP contribution in [0.2, 0.25) is 0 Å². The molecule has 0 aliphatic heterocycles. The van der Waals surface area contributed by atoms with Gasteiger partial charge in [0.25, 0.3) is 5.91 Å². The Morgan fingerprint density at radius 1 is 1.19 bits per heavy atom. The van der Waals surface area contributed by atoms with Crippen molar-refractivity contribution < 1.29 is 27.5 Å². The molecule has 0 atom stereocenters. The van der Waals surface area contributed by atoms with Crippen LogP contribution in [0.5, 0.6) is 0 Å². The number of aryl methyl sites for hydroxylation is 2. The number of hydrogen-bond acceptors (Lipinski definition) is 4. The van der Waals surface area contributed by atoms with Crippen LogP contribution in [-0.2, 0) is 34.0 Å². The van der Waals surface area contributed by atoms with Gasteiger partial charge in [0.15, 0.2) is 6.61 Å². The van der Waals surface area contributed by atoms with Crippen molar-refractivity contribution in [1.29, 1.82) is 0 Å². The highest BCUT2D eigenvalue weighted by atomic mass is 19.4. The van der Waals surface area contributed by atoms with Crippen molar-refractivity contribution in [2.24, 2.45) is 7.05 Å². The fraction of sp³-hybridized carbons (Fsp3) is 0.389. The van der Waals surface area contributed by atoms with Gasteiger partial charge in [-0.1, -0.05) is 0 Å². The van der Waals surface area contributed by atoms with Gasteiger partial charge >= 0.3 is 12.1 Å². The minimum Gasteiger partial charge on any atom is -0.456 e. The minimum atomic E-state index is -4.44. The predicted molar refractivity (Wildman–Crippen MR) is 92.0 cm³/mol. The molecule has 1 aromatic carbocycles. The Bertz CT molecular complexity index is 827. The summed E-state index contributed by atoms with van der Waals surface area (Å²) in [6.07, 6.45) is -3.89. The van der Waals surface area contributed by atoms with Crippen LogP contribution in [0.25, 0.3) is 0 Å². The van der Waals surface area contributed by atoms with Gasteiger partial charge in [-0.3, -0.25) is 14.3 Å². The van der Waals surface area contributed by atoms with E-state index in [1.165, 1.54) is 0 Å². The first-order valence-corrected chi connectivity index (χ1v) is 8.19. The molecule has 9 heteroatoms. The van der Waals surface area contributed by atoms with E-state index >= 15 is 0 Å². The predicted octanol–water partition coefficient (Wildman–Crippen LogP) is 3.17. The van der Waals surface area contributed by atoms with Crippen molar-refractivity contribution in [3.8, 4) is 0 Å². The second-order valence-electron chi connectivity index (χ2n) is 6.06. The van der Waals surface area contributed by atoms with Crippen molar-refractivity contribution >= 4 is 17.6 Å². The molecule has 1 N–H and O–H groups in total. The average molecular weight is 383 g/mol. The number of nitrogens with zero attached hydrogens (tertiary/aromatic N) is 2. The molecule has 0 bridgehead atoms. The van der Waals surface area contributed by atoms with Crippen molar-refractivity contribution in [3.63, 3.8) is 0 Å².